The number of fused-ring (bicyclic) bond motifs is 1. The van der Waals surface area contributed by atoms with Gasteiger partial charge in [0.15, 0.2) is 4.96 Å². The van der Waals surface area contributed by atoms with Gasteiger partial charge in [0.25, 0.3) is 0 Å². The predicted molar refractivity (Wildman–Crippen MR) is 69.8 cm³/mol. The van der Waals surface area contributed by atoms with Gasteiger partial charge in [0.05, 0.1) is 17.9 Å². The Labute approximate surface area is 106 Å². The van der Waals surface area contributed by atoms with E-state index < -0.39 is 0 Å². The highest BCUT2D eigenvalue weighted by Crippen LogP contribution is 2.21. The van der Waals surface area contributed by atoms with E-state index in [1.165, 1.54) is 21.9 Å². The molecule has 0 saturated carbocycles. The Morgan fingerprint density at radius 3 is 3.06 bits per heavy atom. The molecule has 0 radical (unpaired) electrons. The van der Waals surface area contributed by atoms with Crippen LogP contribution in [0, 0.1) is 13.8 Å². The van der Waals surface area contributed by atoms with Crippen molar-refractivity contribution in [3.63, 3.8) is 0 Å². The third kappa shape index (κ3) is 1.91. The average molecular weight is 265 g/mol. The van der Waals surface area contributed by atoms with Crippen LogP contribution < -0.4 is 5.32 Å². The van der Waals surface area contributed by atoms with E-state index in [1.54, 1.807) is 16.8 Å². The van der Waals surface area contributed by atoms with E-state index in [-0.39, 0.29) is 0 Å². The van der Waals surface area contributed by atoms with E-state index in [2.05, 4.69) is 38.0 Å². The zero-order chi connectivity index (χ0) is 11.8. The first-order valence-electron chi connectivity index (χ1n) is 5.18. The average Bonchev–Trinajstić information content (AvgIpc) is 2.93. The summed E-state index contributed by atoms with van der Waals surface area (Å²) in [6.45, 7) is 4.85. The van der Waals surface area contributed by atoms with Crippen LogP contribution in [0.2, 0.25) is 0 Å². The molecule has 0 aliphatic carbocycles. The van der Waals surface area contributed by atoms with Crippen LogP contribution in [0.3, 0.4) is 0 Å². The second kappa shape index (κ2) is 4.08. The number of nitrogens with zero attached hydrogens (tertiary/aromatic N) is 4. The van der Waals surface area contributed by atoms with Crippen molar-refractivity contribution in [2.75, 3.05) is 5.32 Å². The van der Waals surface area contributed by atoms with Crippen molar-refractivity contribution in [3.05, 3.63) is 28.0 Å². The van der Waals surface area contributed by atoms with Crippen LogP contribution in [0.25, 0.3) is 4.96 Å². The first-order chi connectivity index (χ1) is 8.24. The largest absolute Gasteiger partial charge is 0.354 e. The summed E-state index contributed by atoms with van der Waals surface area (Å²) in [7, 11) is 0. The van der Waals surface area contributed by atoms with E-state index in [1.807, 2.05) is 6.92 Å². The summed E-state index contributed by atoms with van der Waals surface area (Å²) in [6.07, 6.45) is 2.12. The fraction of sp³-hybridized carbons (Fsp3) is 0.300. The van der Waals surface area contributed by atoms with Gasteiger partial charge in [-0.25, -0.2) is 4.98 Å². The summed E-state index contributed by atoms with van der Waals surface area (Å²) in [5, 5.41) is 11.9. The van der Waals surface area contributed by atoms with Crippen LogP contribution >= 0.6 is 22.7 Å². The van der Waals surface area contributed by atoms with Crippen molar-refractivity contribution in [3.8, 4) is 0 Å². The Hall–Kier alpha value is -1.47. The molecule has 0 amide bonds. The monoisotopic (exact) mass is 265 g/mol. The molecule has 0 aliphatic heterocycles. The Kier molecular flexibility index (Phi) is 2.56. The van der Waals surface area contributed by atoms with Gasteiger partial charge in [-0.15, -0.1) is 21.5 Å². The van der Waals surface area contributed by atoms with Crippen LogP contribution in [-0.2, 0) is 6.54 Å². The number of nitrogens with one attached hydrogen (secondary N) is 1. The van der Waals surface area contributed by atoms with Crippen LogP contribution in [0.15, 0.2) is 11.7 Å². The number of aromatic nitrogens is 4. The molecule has 0 fully saturated rings. The molecule has 5 nitrogen and oxygen atoms in total. The second-order valence-corrected chi connectivity index (χ2v) is 5.78. The summed E-state index contributed by atoms with van der Waals surface area (Å²) in [5.41, 5.74) is 3.96. The molecular weight excluding hydrogens is 254 g/mol. The molecule has 3 heterocycles. The predicted octanol–water partition coefficient (Wildman–Crippen LogP) is 2.48. The Morgan fingerprint density at radius 2 is 2.29 bits per heavy atom. The SMILES string of the molecule is Cc1cn2c(CNc3nncs3)c(C)nc2s1. The van der Waals surface area contributed by atoms with Crippen LogP contribution in [0.4, 0.5) is 5.13 Å². The number of hydrogen-bond acceptors (Lipinski definition) is 6. The molecule has 0 spiro atoms. The molecule has 0 unspecified atom stereocenters. The molecule has 17 heavy (non-hydrogen) atoms. The zero-order valence-electron chi connectivity index (χ0n) is 9.47. The molecule has 0 bridgehead atoms. The van der Waals surface area contributed by atoms with E-state index in [9.17, 15) is 0 Å². The molecule has 0 aromatic carbocycles. The lowest BCUT2D eigenvalue weighted by Crippen LogP contribution is -2.03. The van der Waals surface area contributed by atoms with E-state index >= 15 is 0 Å². The molecule has 3 rings (SSSR count). The van der Waals surface area contributed by atoms with Gasteiger partial charge in [0.1, 0.15) is 5.51 Å². The van der Waals surface area contributed by atoms with E-state index in [0.717, 1.165) is 22.3 Å². The summed E-state index contributed by atoms with van der Waals surface area (Å²) in [4.78, 5) is 6.86. The Balaban J connectivity index is 1.90. The summed E-state index contributed by atoms with van der Waals surface area (Å²) in [6, 6.07) is 0. The van der Waals surface area contributed by atoms with Crippen molar-refractivity contribution in [2.24, 2.45) is 0 Å². The lowest BCUT2D eigenvalue weighted by atomic mass is 10.3. The van der Waals surface area contributed by atoms with Gasteiger partial charge in [-0.2, -0.15) is 0 Å². The maximum Gasteiger partial charge on any atom is 0.205 e. The Morgan fingerprint density at radius 1 is 1.41 bits per heavy atom. The lowest BCUT2D eigenvalue weighted by Gasteiger charge is -2.02. The minimum atomic E-state index is 0.721. The second-order valence-electron chi connectivity index (χ2n) is 3.74. The first-order valence-corrected chi connectivity index (χ1v) is 6.87. The summed E-state index contributed by atoms with van der Waals surface area (Å²) >= 11 is 3.21. The summed E-state index contributed by atoms with van der Waals surface area (Å²) < 4.78 is 2.14. The number of imidazole rings is 1. The standard InChI is InChI=1S/C10H11N5S2/c1-6-4-15-8(7(2)13-10(15)17-6)3-11-9-14-12-5-16-9/h4-5H,3H2,1-2H3,(H,11,14). The molecule has 3 aromatic heterocycles. The highest BCUT2D eigenvalue weighted by atomic mass is 32.1. The molecule has 0 saturated heterocycles. The van der Waals surface area contributed by atoms with Crippen molar-refractivity contribution in [2.45, 2.75) is 20.4 Å². The van der Waals surface area contributed by atoms with Crippen molar-refractivity contribution < 1.29 is 0 Å². The summed E-state index contributed by atoms with van der Waals surface area (Å²) in [5.74, 6) is 0. The molecule has 0 atom stereocenters. The molecule has 88 valence electrons. The van der Waals surface area contributed by atoms with Gasteiger partial charge in [-0.1, -0.05) is 11.3 Å². The number of aryl methyl sites for hydroxylation is 2. The van der Waals surface area contributed by atoms with Gasteiger partial charge in [-0.05, 0) is 13.8 Å². The van der Waals surface area contributed by atoms with Crippen molar-refractivity contribution >= 4 is 32.8 Å². The van der Waals surface area contributed by atoms with Crippen LogP contribution in [0.1, 0.15) is 16.3 Å². The van der Waals surface area contributed by atoms with Gasteiger partial charge in [0.2, 0.25) is 5.13 Å². The number of hydrogen-bond donors (Lipinski definition) is 1. The van der Waals surface area contributed by atoms with Gasteiger partial charge < -0.3 is 5.32 Å². The van der Waals surface area contributed by atoms with Crippen LogP contribution in [-0.4, -0.2) is 19.6 Å². The highest BCUT2D eigenvalue weighted by molar-refractivity contribution is 7.17. The third-order valence-electron chi connectivity index (χ3n) is 2.51. The van der Waals surface area contributed by atoms with Crippen molar-refractivity contribution in [1.29, 1.82) is 0 Å². The smallest absolute Gasteiger partial charge is 0.205 e. The normalized spacial score (nSPS) is 11.2. The fourth-order valence-corrected chi connectivity index (χ4v) is 3.07. The Bertz CT molecular complexity index is 637. The van der Waals surface area contributed by atoms with Gasteiger partial charge in [0, 0.05) is 11.1 Å². The quantitative estimate of drug-likeness (QED) is 0.790. The molecular formula is C10H11N5S2. The maximum absolute atomic E-state index is 4.54. The highest BCUT2D eigenvalue weighted by Gasteiger charge is 2.11. The minimum absolute atomic E-state index is 0.721. The molecule has 1 N–H and O–H groups in total. The zero-order valence-corrected chi connectivity index (χ0v) is 11.1. The number of thiazole rings is 1. The van der Waals surface area contributed by atoms with E-state index in [0.29, 0.717) is 0 Å². The topological polar surface area (TPSA) is 55.1 Å². The van der Waals surface area contributed by atoms with Gasteiger partial charge >= 0.3 is 0 Å². The van der Waals surface area contributed by atoms with E-state index in [4.69, 9.17) is 0 Å². The number of anilines is 1. The fourth-order valence-electron chi connectivity index (χ4n) is 1.73. The van der Waals surface area contributed by atoms with Crippen molar-refractivity contribution in [1.82, 2.24) is 19.6 Å². The molecule has 7 heteroatoms. The maximum atomic E-state index is 4.54. The van der Waals surface area contributed by atoms with Gasteiger partial charge in [-0.3, -0.25) is 4.40 Å². The first kappa shape index (κ1) is 10.7. The molecule has 0 aliphatic rings. The molecule has 3 aromatic rings. The van der Waals surface area contributed by atoms with Crippen LogP contribution in [0.5, 0.6) is 0 Å². The minimum Gasteiger partial charge on any atom is -0.354 e. The third-order valence-corrected chi connectivity index (χ3v) is 4.06. The number of rotatable bonds is 3. The lowest BCUT2D eigenvalue weighted by molar-refractivity contribution is 0.974.